The molecule has 1 aromatic carbocycles. The van der Waals surface area contributed by atoms with Crippen molar-refractivity contribution in [1.82, 2.24) is 10.2 Å². The third kappa shape index (κ3) is 3.57. The molecule has 122 valence electrons. The average Bonchev–Trinajstić information content (AvgIpc) is 2.89. The van der Waals surface area contributed by atoms with Gasteiger partial charge in [0.05, 0.1) is 17.7 Å². The van der Waals surface area contributed by atoms with Gasteiger partial charge in [-0.2, -0.15) is 0 Å². The third-order valence-corrected chi connectivity index (χ3v) is 5.22. The molecule has 0 amide bonds. The van der Waals surface area contributed by atoms with Gasteiger partial charge in [-0.05, 0) is 30.5 Å². The van der Waals surface area contributed by atoms with Crippen molar-refractivity contribution < 1.29 is 9.13 Å². The lowest BCUT2D eigenvalue weighted by Crippen LogP contribution is -2.44. The molecular formula is C16H21Cl2FN2O. The number of hydrogen-bond donors (Lipinski definition) is 1. The van der Waals surface area contributed by atoms with Crippen LogP contribution in [0.25, 0.3) is 0 Å². The number of hydrogen-bond acceptors (Lipinski definition) is 3. The molecule has 2 fully saturated rings. The van der Waals surface area contributed by atoms with Gasteiger partial charge < -0.3 is 10.1 Å². The topological polar surface area (TPSA) is 24.5 Å². The molecule has 6 heteroatoms. The molecule has 2 aliphatic rings. The van der Waals surface area contributed by atoms with Crippen molar-refractivity contribution in [3.8, 4) is 0 Å². The summed E-state index contributed by atoms with van der Waals surface area (Å²) in [6.45, 7) is 7.73. The number of nitrogens with one attached hydrogen (secondary N) is 1. The standard InChI is InChI=1S/C16H21Cl2FN2O/c1-16(2-3-20-9-16)10-21-4-5-22-15(8-21)11-6-14(19)13(18)7-12(11)17/h6-7,15,20H,2-5,8-10H2,1H3. The van der Waals surface area contributed by atoms with Crippen molar-refractivity contribution in [2.75, 3.05) is 39.3 Å². The fourth-order valence-electron chi connectivity index (χ4n) is 3.36. The van der Waals surface area contributed by atoms with E-state index in [1.54, 1.807) is 0 Å². The number of benzene rings is 1. The minimum Gasteiger partial charge on any atom is -0.371 e. The Balaban J connectivity index is 1.71. The van der Waals surface area contributed by atoms with Crippen LogP contribution in [0.15, 0.2) is 12.1 Å². The quantitative estimate of drug-likeness (QED) is 0.847. The van der Waals surface area contributed by atoms with Crippen LogP contribution in [0.4, 0.5) is 4.39 Å². The second-order valence-corrected chi connectivity index (χ2v) is 7.43. The maximum absolute atomic E-state index is 13.7. The maximum atomic E-state index is 13.7. The highest BCUT2D eigenvalue weighted by Gasteiger charge is 2.33. The monoisotopic (exact) mass is 346 g/mol. The second kappa shape index (κ2) is 6.62. The van der Waals surface area contributed by atoms with Gasteiger partial charge in [0.25, 0.3) is 0 Å². The van der Waals surface area contributed by atoms with E-state index in [1.807, 2.05) is 0 Å². The zero-order valence-corrected chi connectivity index (χ0v) is 14.2. The minimum atomic E-state index is -0.450. The van der Waals surface area contributed by atoms with Crippen molar-refractivity contribution in [2.45, 2.75) is 19.4 Å². The smallest absolute Gasteiger partial charge is 0.142 e. The van der Waals surface area contributed by atoms with Gasteiger partial charge in [0.2, 0.25) is 0 Å². The fourth-order valence-corrected chi connectivity index (χ4v) is 3.87. The summed E-state index contributed by atoms with van der Waals surface area (Å²) in [7, 11) is 0. The summed E-state index contributed by atoms with van der Waals surface area (Å²) in [5, 5.41) is 3.94. The summed E-state index contributed by atoms with van der Waals surface area (Å²) in [4.78, 5) is 2.39. The molecule has 1 aromatic rings. The van der Waals surface area contributed by atoms with Gasteiger partial charge in [0.1, 0.15) is 5.82 Å². The van der Waals surface area contributed by atoms with Gasteiger partial charge in [-0.3, -0.25) is 4.90 Å². The van der Waals surface area contributed by atoms with E-state index < -0.39 is 5.82 Å². The highest BCUT2D eigenvalue weighted by atomic mass is 35.5. The first-order valence-corrected chi connectivity index (χ1v) is 8.42. The van der Waals surface area contributed by atoms with E-state index in [9.17, 15) is 4.39 Å². The highest BCUT2D eigenvalue weighted by Crippen LogP contribution is 2.34. The molecule has 2 unspecified atom stereocenters. The summed E-state index contributed by atoms with van der Waals surface area (Å²) in [6, 6.07) is 2.86. The third-order valence-electron chi connectivity index (χ3n) is 4.60. The van der Waals surface area contributed by atoms with Gasteiger partial charge in [-0.25, -0.2) is 4.39 Å². The largest absolute Gasteiger partial charge is 0.371 e. The van der Waals surface area contributed by atoms with Crippen LogP contribution in [0, 0.1) is 11.2 Å². The lowest BCUT2D eigenvalue weighted by Gasteiger charge is -2.38. The summed E-state index contributed by atoms with van der Waals surface area (Å²) in [6.07, 6.45) is 0.983. The Bertz CT molecular complexity index is 549. The van der Waals surface area contributed by atoms with Crippen LogP contribution in [-0.2, 0) is 4.74 Å². The molecule has 1 N–H and O–H groups in total. The first kappa shape index (κ1) is 16.5. The molecule has 0 radical (unpaired) electrons. The van der Waals surface area contributed by atoms with Crippen LogP contribution in [0.5, 0.6) is 0 Å². The predicted molar refractivity (Wildman–Crippen MR) is 87.1 cm³/mol. The minimum absolute atomic E-state index is 0.0472. The van der Waals surface area contributed by atoms with Crippen LogP contribution < -0.4 is 5.32 Å². The molecule has 0 bridgehead atoms. The number of rotatable bonds is 3. The zero-order chi connectivity index (χ0) is 15.7. The van der Waals surface area contributed by atoms with E-state index in [2.05, 4.69) is 17.1 Å². The van der Waals surface area contributed by atoms with E-state index in [1.165, 1.54) is 18.6 Å². The zero-order valence-electron chi connectivity index (χ0n) is 12.7. The van der Waals surface area contributed by atoms with Crippen molar-refractivity contribution >= 4 is 23.2 Å². The van der Waals surface area contributed by atoms with Gasteiger partial charge in [-0.1, -0.05) is 30.1 Å². The Morgan fingerprint density at radius 1 is 1.41 bits per heavy atom. The summed E-state index contributed by atoms with van der Waals surface area (Å²) < 4.78 is 19.5. The molecule has 2 saturated heterocycles. The van der Waals surface area contributed by atoms with E-state index >= 15 is 0 Å². The number of halogens is 3. The predicted octanol–water partition coefficient (Wildman–Crippen LogP) is 3.51. The Morgan fingerprint density at radius 2 is 2.23 bits per heavy atom. The average molecular weight is 347 g/mol. The molecule has 0 spiro atoms. The lowest BCUT2D eigenvalue weighted by atomic mass is 9.89. The Morgan fingerprint density at radius 3 is 2.95 bits per heavy atom. The van der Waals surface area contributed by atoms with Crippen molar-refractivity contribution in [3.05, 3.63) is 33.6 Å². The number of nitrogens with zero attached hydrogens (tertiary/aromatic N) is 1. The van der Waals surface area contributed by atoms with Crippen LogP contribution >= 0.6 is 23.2 Å². The van der Waals surface area contributed by atoms with Gasteiger partial charge >= 0.3 is 0 Å². The van der Waals surface area contributed by atoms with E-state index in [0.29, 0.717) is 22.6 Å². The second-order valence-electron chi connectivity index (χ2n) is 6.62. The summed E-state index contributed by atoms with van der Waals surface area (Å²) in [5.41, 5.74) is 0.986. The van der Waals surface area contributed by atoms with Gasteiger partial charge in [0.15, 0.2) is 0 Å². The maximum Gasteiger partial charge on any atom is 0.142 e. The number of morpholine rings is 1. The normalized spacial score (nSPS) is 29.9. The number of ether oxygens (including phenoxy) is 1. The Kier molecular flexibility index (Phi) is 4.95. The van der Waals surface area contributed by atoms with Crippen LogP contribution in [-0.4, -0.2) is 44.2 Å². The molecule has 2 atom stereocenters. The summed E-state index contributed by atoms with van der Waals surface area (Å²) in [5.74, 6) is -0.450. The Hall–Kier alpha value is -0.390. The van der Waals surface area contributed by atoms with E-state index in [4.69, 9.17) is 27.9 Å². The van der Waals surface area contributed by atoms with Crippen LogP contribution in [0.3, 0.4) is 0 Å². The lowest BCUT2D eigenvalue weighted by molar-refractivity contribution is -0.0401. The molecular weight excluding hydrogens is 326 g/mol. The van der Waals surface area contributed by atoms with Crippen molar-refractivity contribution in [3.63, 3.8) is 0 Å². The molecule has 0 aliphatic carbocycles. The highest BCUT2D eigenvalue weighted by molar-refractivity contribution is 6.35. The first-order valence-electron chi connectivity index (χ1n) is 7.66. The van der Waals surface area contributed by atoms with Gasteiger partial charge in [-0.15, -0.1) is 0 Å². The van der Waals surface area contributed by atoms with Gasteiger partial charge in [0, 0.05) is 36.8 Å². The van der Waals surface area contributed by atoms with Crippen molar-refractivity contribution in [1.29, 1.82) is 0 Å². The first-order chi connectivity index (χ1) is 10.5. The molecule has 0 aromatic heterocycles. The molecule has 2 aliphatic heterocycles. The molecule has 3 nitrogen and oxygen atoms in total. The molecule has 3 rings (SSSR count). The Labute approximate surface area is 140 Å². The molecule has 0 saturated carbocycles. The molecule has 22 heavy (non-hydrogen) atoms. The summed E-state index contributed by atoms with van der Waals surface area (Å²) >= 11 is 12.0. The van der Waals surface area contributed by atoms with E-state index in [0.717, 1.165) is 32.7 Å². The fraction of sp³-hybridized carbons (Fsp3) is 0.625. The van der Waals surface area contributed by atoms with Crippen molar-refractivity contribution in [2.24, 2.45) is 5.41 Å². The molecule has 2 heterocycles. The van der Waals surface area contributed by atoms with Crippen LogP contribution in [0.1, 0.15) is 25.0 Å². The van der Waals surface area contributed by atoms with Crippen LogP contribution in [0.2, 0.25) is 10.0 Å². The van der Waals surface area contributed by atoms with E-state index in [-0.39, 0.29) is 11.1 Å². The SMILES string of the molecule is CC1(CN2CCOC(c3cc(F)c(Cl)cc3Cl)C2)CCNC1.